The lowest BCUT2D eigenvalue weighted by Gasteiger charge is -2.10. The van der Waals surface area contributed by atoms with Crippen LogP contribution in [-0.4, -0.2) is 0 Å². The molecule has 2 N–H and O–H groups in total. The molecular formula is C15H15ClN2O. The van der Waals surface area contributed by atoms with E-state index >= 15 is 0 Å². The molecule has 0 amide bonds. The molecular weight excluding hydrogens is 260 g/mol. The Hall–Kier alpha value is -2.02. The number of ether oxygens (including phenoxy) is 1. The lowest BCUT2D eigenvalue weighted by atomic mass is 10.1. The molecule has 0 aliphatic heterocycles. The van der Waals surface area contributed by atoms with Gasteiger partial charge >= 0.3 is 0 Å². The largest absolute Gasteiger partial charge is 0.457 e. The second-order valence-electron chi connectivity index (χ2n) is 3.96. The van der Waals surface area contributed by atoms with Crippen LogP contribution in [0.3, 0.4) is 0 Å². The molecule has 2 aromatic carbocycles. The normalized spacial score (nSPS) is 10.9. The van der Waals surface area contributed by atoms with Gasteiger partial charge in [-0.25, -0.2) is 0 Å². The molecule has 3 nitrogen and oxygen atoms in total. The number of para-hydroxylation sites is 1. The lowest BCUT2D eigenvalue weighted by Crippen LogP contribution is -2.08. The Morgan fingerprint density at radius 1 is 1.05 bits per heavy atom. The Morgan fingerprint density at radius 2 is 1.74 bits per heavy atom. The number of hydrogen-bond donors (Lipinski definition) is 1. The van der Waals surface area contributed by atoms with E-state index in [2.05, 4.69) is 6.07 Å². The van der Waals surface area contributed by atoms with Gasteiger partial charge in [0, 0.05) is 6.04 Å². The number of benzene rings is 2. The number of rotatable bonds is 4. The third kappa shape index (κ3) is 4.29. The average Bonchev–Trinajstić information content (AvgIpc) is 2.40. The molecule has 0 fully saturated rings. The van der Waals surface area contributed by atoms with E-state index in [4.69, 9.17) is 15.7 Å². The smallest absolute Gasteiger partial charge is 0.127 e. The van der Waals surface area contributed by atoms with Crippen molar-refractivity contribution in [3.05, 3.63) is 60.2 Å². The Morgan fingerprint density at radius 3 is 2.42 bits per heavy atom. The molecule has 0 saturated heterocycles. The standard InChI is InChI=1S/C15H14N2O.ClH/c16-10-9-15(17)12-5-4-8-14(11-12)18-13-6-2-1-3-7-13;/h1-8,11,15H,9,17H2;1H/t15-;/m0./s1. The summed E-state index contributed by atoms with van der Waals surface area (Å²) in [5.74, 6) is 1.51. The van der Waals surface area contributed by atoms with E-state index in [0.29, 0.717) is 6.42 Å². The highest BCUT2D eigenvalue weighted by Gasteiger charge is 2.06. The first-order chi connectivity index (χ1) is 8.79. The van der Waals surface area contributed by atoms with Gasteiger partial charge in [0.05, 0.1) is 12.5 Å². The van der Waals surface area contributed by atoms with Gasteiger partial charge in [-0.2, -0.15) is 5.26 Å². The quantitative estimate of drug-likeness (QED) is 0.922. The highest BCUT2D eigenvalue weighted by Crippen LogP contribution is 2.24. The summed E-state index contributed by atoms with van der Waals surface area (Å²) < 4.78 is 5.71. The van der Waals surface area contributed by atoms with Gasteiger partial charge in [-0.15, -0.1) is 12.4 Å². The number of nitrogens with two attached hydrogens (primary N) is 1. The molecule has 0 unspecified atom stereocenters. The number of hydrogen-bond acceptors (Lipinski definition) is 3. The van der Waals surface area contributed by atoms with Crippen LogP contribution in [0.5, 0.6) is 11.5 Å². The summed E-state index contributed by atoms with van der Waals surface area (Å²) in [7, 11) is 0. The van der Waals surface area contributed by atoms with Crippen molar-refractivity contribution < 1.29 is 4.74 Å². The van der Waals surface area contributed by atoms with E-state index in [9.17, 15) is 0 Å². The van der Waals surface area contributed by atoms with Gasteiger partial charge in [-0.3, -0.25) is 0 Å². The predicted octanol–water partition coefficient (Wildman–Crippen LogP) is 3.81. The molecule has 19 heavy (non-hydrogen) atoms. The molecule has 0 aliphatic carbocycles. The summed E-state index contributed by atoms with van der Waals surface area (Å²) in [6.07, 6.45) is 0.300. The second-order valence-corrected chi connectivity index (χ2v) is 3.96. The van der Waals surface area contributed by atoms with Gasteiger partial charge in [0.1, 0.15) is 11.5 Å². The van der Waals surface area contributed by atoms with Crippen molar-refractivity contribution in [3.8, 4) is 17.6 Å². The Kier molecular flexibility index (Phi) is 5.87. The number of nitriles is 1. The Labute approximate surface area is 119 Å². The van der Waals surface area contributed by atoms with Crippen molar-refractivity contribution in [2.24, 2.45) is 5.73 Å². The van der Waals surface area contributed by atoms with E-state index in [0.717, 1.165) is 17.1 Å². The van der Waals surface area contributed by atoms with Crippen molar-refractivity contribution in [1.82, 2.24) is 0 Å². The van der Waals surface area contributed by atoms with Crippen LogP contribution >= 0.6 is 12.4 Å². The van der Waals surface area contributed by atoms with Gasteiger partial charge in [0.25, 0.3) is 0 Å². The molecule has 0 spiro atoms. The molecule has 0 bridgehead atoms. The molecule has 0 heterocycles. The van der Waals surface area contributed by atoms with Crippen LogP contribution in [0.1, 0.15) is 18.0 Å². The Balaban J connectivity index is 0.00000180. The van der Waals surface area contributed by atoms with Crippen LogP contribution in [-0.2, 0) is 0 Å². The van der Waals surface area contributed by atoms with Crippen molar-refractivity contribution >= 4 is 12.4 Å². The fourth-order valence-corrected chi connectivity index (χ4v) is 1.65. The monoisotopic (exact) mass is 274 g/mol. The van der Waals surface area contributed by atoms with Gasteiger partial charge in [-0.1, -0.05) is 30.3 Å². The maximum atomic E-state index is 8.64. The van der Waals surface area contributed by atoms with Crippen LogP contribution in [0, 0.1) is 11.3 Å². The average molecular weight is 275 g/mol. The van der Waals surface area contributed by atoms with Crippen molar-refractivity contribution in [3.63, 3.8) is 0 Å². The fourth-order valence-electron chi connectivity index (χ4n) is 1.65. The van der Waals surface area contributed by atoms with Gasteiger partial charge in [0.2, 0.25) is 0 Å². The molecule has 0 aliphatic rings. The van der Waals surface area contributed by atoms with E-state index < -0.39 is 0 Å². The number of nitrogens with zero attached hydrogens (tertiary/aromatic N) is 1. The summed E-state index contributed by atoms with van der Waals surface area (Å²) in [5, 5.41) is 8.64. The third-order valence-electron chi connectivity index (χ3n) is 2.58. The number of halogens is 1. The molecule has 98 valence electrons. The molecule has 1 atom stereocenters. The fraction of sp³-hybridized carbons (Fsp3) is 0.133. The summed E-state index contributed by atoms with van der Waals surface area (Å²) in [4.78, 5) is 0. The molecule has 4 heteroatoms. The minimum Gasteiger partial charge on any atom is -0.457 e. The predicted molar refractivity (Wildman–Crippen MR) is 77.4 cm³/mol. The zero-order valence-electron chi connectivity index (χ0n) is 10.3. The summed E-state index contributed by atoms with van der Waals surface area (Å²) >= 11 is 0. The van der Waals surface area contributed by atoms with Crippen molar-refractivity contribution in [2.75, 3.05) is 0 Å². The van der Waals surface area contributed by atoms with Crippen LogP contribution in [0.25, 0.3) is 0 Å². The lowest BCUT2D eigenvalue weighted by molar-refractivity contribution is 0.481. The first kappa shape index (κ1) is 15.0. The van der Waals surface area contributed by atoms with E-state index in [1.165, 1.54) is 0 Å². The zero-order valence-corrected chi connectivity index (χ0v) is 11.1. The van der Waals surface area contributed by atoms with Gasteiger partial charge < -0.3 is 10.5 Å². The highest BCUT2D eigenvalue weighted by atomic mass is 35.5. The van der Waals surface area contributed by atoms with Crippen LogP contribution in [0.4, 0.5) is 0 Å². The minimum absolute atomic E-state index is 0. The van der Waals surface area contributed by atoms with E-state index in [1.54, 1.807) is 0 Å². The molecule has 0 saturated carbocycles. The topological polar surface area (TPSA) is 59.0 Å². The molecule has 0 radical (unpaired) electrons. The Bertz CT molecular complexity index is 552. The van der Waals surface area contributed by atoms with E-state index in [-0.39, 0.29) is 18.4 Å². The minimum atomic E-state index is -0.269. The SMILES string of the molecule is Cl.N#CC[C@H](N)c1cccc(Oc2ccccc2)c1. The highest BCUT2D eigenvalue weighted by molar-refractivity contribution is 5.85. The van der Waals surface area contributed by atoms with Gasteiger partial charge in [-0.05, 0) is 29.8 Å². The van der Waals surface area contributed by atoms with Gasteiger partial charge in [0.15, 0.2) is 0 Å². The maximum Gasteiger partial charge on any atom is 0.127 e. The molecule has 0 aromatic heterocycles. The first-order valence-corrected chi connectivity index (χ1v) is 5.75. The molecule has 2 aromatic rings. The van der Waals surface area contributed by atoms with Crippen LogP contribution in [0.2, 0.25) is 0 Å². The second kappa shape index (κ2) is 7.42. The van der Waals surface area contributed by atoms with Crippen LogP contribution < -0.4 is 10.5 Å². The summed E-state index contributed by atoms with van der Waals surface area (Å²) in [5.41, 5.74) is 6.80. The maximum absolute atomic E-state index is 8.64. The van der Waals surface area contributed by atoms with Crippen molar-refractivity contribution in [2.45, 2.75) is 12.5 Å². The zero-order chi connectivity index (χ0) is 12.8. The van der Waals surface area contributed by atoms with E-state index in [1.807, 2.05) is 54.6 Å². The van der Waals surface area contributed by atoms with Crippen molar-refractivity contribution in [1.29, 1.82) is 5.26 Å². The van der Waals surface area contributed by atoms with Crippen LogP contribution in [0.15, 0.2) is 54.6 Å². The first-order valence-electron chi connectivity index (χ1n) is 5.75. The third-order valence-corrected chi connectivity index (χ3v) is 2.58. The molecule has 2 rings (SSSR count). The summed E-state index contributed by atoms with van der Waals surface area (Å²) in [6, 6.07) is 18.9. The summed E-state index contributed by atoms with van der Waals surface area (Å²) in [6.45, 7) is 0.